The zero-order valence-corrected chi connectivity index (χ0v) is 20.8. The normalized spacial score (nSPS) is 11.1. The number of nitrogens with zero attached hydrogens (tertiary/aromatic N) is 1. The molecule has 0 aliphatic heterocycles. The highest BCUT2D eigenvalue weighted by Crippen LogP contribution is 2.32. The smallest absolute Gasteiger partial charge is 0.232 e. The third-order valence-electron chi connectivity index (χ3n) is 5.44. The van der Waals surface area contributed by atoms with E-state index in [1.54, 1.807) is 6.07 Å². The molecule has 0 spiro atoms. The van der Waals surface area contributed by atoms with Gasteiger partial charge in [-0.3, -0.25) is 9.10 Å². The molecule has 180 valence electrons. The molecule has 0 aromatic heterocycles. The Labute approximate surface area is 202 Å². The van der Waals surface area contributed by atoms with E-state index < -0.39 is 10.0 Å². The predicted molar refractivity (Wildman–Crippen MR) is 138 cm³/mol. The minimum absolute atomic E-state index is 0.131. The number of carbonyl (C=O) groups is 1. The Morgan fingerprint density at radius 3 is 2.38 bits per heavy atom. The zero-order chi connectivity index (χ0) is 24.6. The van der Waals surface area contributed by atoms with E-state index in [0.717, 1.165) is 22.4 Å². The van der Waals surface area contributed by atoms with Gasteiger partial charge in [0.05, 0.1) is 18.5 Å². The van der Waals surface area contributed by atoms with Crippen molar-refractivity contribution in [1.29, 1.82) is 0 Å². The summed E-state index contributed by atoms with van der Waals surface area (Å²) in [6.07, 6.45) is 1.82. The maximum Gasteiger partial charge on any atom is 0.232 e. The lowest BCUT2D eigenvalue weighted by Gasteiger charge is -2.25. The zero-order valence-electron chi connectivity index (χ0n) is 20.0. The van der Waals surface area contributed by atoms with Crippen molar-refractivity contribution in [3.8, 4) is 16.9 Å². The molecule has 3 aromatic rings. The van der Waals surface area contributed by atoms with Crippen LogP contribution in [0.2, 0.25) is 0 Å². The van der Waals surface area contributed by atoms with Gasteiger partial charge >= 0.3 is 0 Å². The van der Waals surface area contributed by atoms with Crippen LogP contribution in [0.25, 0.3) is 11.1 Å². The molecular formula is C27H32N2O4S. The number of rotatable bonds is 11. The summed E-state index contributed by atoms with van der Waals surface area (Å²) in [6, 6.07) is 23.1. The first kappa shape index (κ1) is 25.3. The van der Waals surface area contributed by atoms with E-state index in [2.05, 4.69) is 11.4 Å². The lowest BCUT2D eigenvalue weighted by Crippen LogP contribution is -2.33. The second-order valence-electron chi connectivity index (χ2n) is 8.29. The van der Waals surface area contributed by atoms with Crippen LogP contribution in [0.4, 0.5) is 5.69 Å². The molecule has 0 saturated heterocycles. The monoisotopic (exact) mass is 480 g/mol. The van der Waals surface area contributed by atoms with Crippen molar-refractivity contribution in [2.45, 2.75) is 26.7 Å². The van der Waals surface area contributed by atoms with Crippen molar-refractivity contribution in [3.05, 3.63) is 83.9 Å². The largest absolute Gasteiger partial charge is 0.491 e. The average molecular weight is 481 g/mol. The van der Waals surface area contributed by atoms with Crippen LogP contribution in [-0.4, -0.2) is 40.3 Å². The van der Waals surface area contributed by atoms with Gasteiger partial charge in [-0.25, -0.2) is 8.42 Å². The minimum Gasteiger partial charge on any atom is -0.491 e. The predicted octanol–water partition coefficient (Wildman–Crippen LogP) is 4.71. The van der Waals surface area contributed by atoms with Gasteiger partial charge in [-0.15, -0.1) is 0 Å². The highest BCUT2D eigenvalue weighted by molar-refractivity contribution is 7.92. The van der Waals surface area contributed by atoms with Crippen molar-refractivity contribution in [2.24, 2.45) is 0 Å². The Kier molecular flexibility index (Phi) is 8.71. The summed E-state index contributed by atoms with van der Waals surface area (Å²) < 4.78 is 32.3. The summed E-state index contributed by atoms with van der Waals surface area (Å²) in [7, 11) is -3.52. The van der Waals surface area contributed by atoms with E-state index in [4.69, 9.17) is 4.74 Å². The summed E-state index contributed by atoms with van der Waals surface area (Å²) in [5.41, 5.74) is 4.61. The van der Waals surface area contributed by atoms with Crippen LogP contribution in [0.1, 0.15) is 24.0 Å². The first-order valence-electron chi connectivity index (χ1n) is 11.3. The molecule has 1 amide bonds. The topological polar surface area (TPSA) is 75.7 Å². The Morgan fingerprint density at radius 2 is 1.68 bits per heavy atom. The summed E-state index contributed by atoms with van der Waals surface area (Å²) in [5.74, 6) is 0.676. The van der Waals surface area contributed by atoms with Gasteiger partial charge in [0.25, 0.3) is 0 Å². The maximum absolute atomic E-state index is 12.6. The molecule has 0 bridgehead atoms. The SMILES string of the molecule is Cc1ccc(OCCNC(=O)CCCN(c2ccccc2-c2ccccc2)S(C)(=O)=O)c(C)c1. The van der Waals surface area contributed by atoms with Gasteiger partial charge in [-0.2, -0.15) is 0 Å². The molecule has 3 rings (SSSR count). The highest BCUT2D eigenvalue weighted by atomic mass is 32.2. The fraction of sp³-hybridized carbons (Fsp3) is 0.296. The molecule has 1 N–H and O–H groups in total. The van der Waals surface area contributed by atoms with E-state index in [1.807, 2.05) is 74.5 Å². The molecule has 0 heterocycles. The number of sulfonamides is 1. The van der Waals surface area contributed by atoms with Crippen molar-refractivity contribution in [2.75, 3.05) is 30.3 Å². The Balaban J connectivity index is 1.54. The van der Waals surface area contributed by atoms with Gasteiger partial charge in [-0.05, 0) is 43.5 Å². The number of aryl methyl sites for hydroxylation is 2. The number of benzene rings is 3. The third kappa shape index (κ3) is 7.09. The molecule has 7 heteroatoms. The van der Waals surface area contributed by atoms with E-state index in [9.17, 15) is 13.2 Å². The van der Waals surface area contributed by atoms with Crippen LogP contribution < -0.4 is 14.4 Å². The summed E-state index contributed by atoms with van der Waals surface area (Å²) in [4.78, 5) is 12.3. The summed E-state index contributed by atoms with van der Waals surface area (Å²) in [6.45, 7) is 5.00. The van der Waals surface area contributed by atoms with Gasteiger partial charge in [0, 0.05) is 18.5 Å². The number of ether oxygens (including phenoxy) is 1. The summed E-state index contributed by atoms with van der Waals surface area (Å²) >= 11 is 0. The van der Waals surface area contributed by atoms with Crippen molar-refractivity contribution < 1.29 is 17.9 Å². The Bertz CT molecular complexity index is 1210. The molecule has 34 heavy (non-hydrogen) atoms. The van der Waals surface area contributed by atoms with Crippen LogP contribution >= 0.6 is 0 Å². The van der Waals surface area contributed by atoms with Gasteiger partial charge < -0.3 is 10.1 Å². The number of amides is 1. The number of para-hydroxylation sites is 1. The molecule has 6 nitrogen and oxygen atoms in total. The van der Waals surface area contributed by atoms with Gasteiger partial charge in [0.1, 0.15) is 12.4 Å². The number of hydrogen-bond acceptors (Lipinski definition) is 4. The van der Waals surface area contributed by atoms with Gasteiger partial charge in [0.2, 0.25) is 15.9 Å². The molecule has 0 aliphatic rings. The number of hydrogen-bond donors (Lipinski definition) is 1. The molecule has 0 radical (unpaired) electrons. The minimum atomic E-state index is -3.52. The molecule has 0 fully saturated rings. The number of anilines is 1. The second kappa shape index (κ2) is 11.7. The van der Waals surface area contributed by atoms with E-state index in [0.29, 0.717) is 25.3 Å². The lowest BCUT2D eigenvalue weighted by molar-refractivity contribution is -0.121. The molecule has 0 saturated carbocycles. The summed E-state index contributed by atoms with van der Waals surface area (Å²) in [5, 5.41) is 2.84. The first-order valence-corrected chi connectivity index (χ1v) is 13.2. The fourth-order valence-electron chi connectivity index (χ4n) is 3.80. The van der Waals surface area contributed by atoms with Crippen molar-refractivity contribution >= 4 is 21.6 Å². The van der Waals surface area contributed by atoms with Crippen LogP contribution in [0.3, 0.4) is 0 Å². The van der Waals surface area contributed by atoms with E-state index >= 15 is 0 Å². The van der Waals surface area contributed by atoms with Crippen LogP contribution in [0.15, 0.2) is 72.8 Å². The average Bonchev–Trinajstić information content (AvgIpc) is 2.80. The van der Waals surface area contributed by atoms with E-state index in [-0.39, 0.29) is 18.9 Å². The molecule has 0 unspecified atom stereocenters. The third-order valence-corrected chi connectivity index (χ3v) is 6.62. The second-order valence-corrected chi connectivity index (χ2v) is 10.2. The highest BCUT2D eigenvalue weighted by Gasteiger charge is 2.20. The molecule has 3 aromatic carbocycles. The van der Waals surface area contributed by atoms with Crippen LogP contribution in [0.5, 0.6) is 5.75 Å². The van der Waals surface area contributed by atoms with Gasteiger partial charge in [-0.1, -0.05) is 66.2 Å². The Hall–Kier alpha value is -3.32. The van der Waals surface area contributed by atoms with Crippen LogP contribution in [-0.2, 0) is 14.8 Å². The number of nitrogens with one attached hydrogen (secondary N) is 1. The molecule has 0 aliphatic carbocycles. The van der Waals surface area contributed by atoms with Crippen molar-refractivity contribution in [1.82, 2.24) is 5.32 Å². The maximum atomic E-state index is 12.6. The van der Waals surface area contributed by atoms with E-state index in [1.165, 1.54) is 16.1 Å². The van der Waals surface area contributed by atoms with Crippen molar-refractivity contribution in [3.63, 3.8) is 0 Å². The molecular weight excluding hydrogens is 448 g/mol. The number of carbonyl (C=O) groups excluding carboxylic acids is 1. The standard InChI is InChI=1S/C27H32N2O4S/c1-21-15-16-26(22(2)20-21)33-19-17-28-27(30)14-9-18-29(34(3,31)32)25-13-8-7-12-24(25)23-10-5-4-6-11-23/h4-8,10-13,15-16,20H,9,14,17-19H2,1-3H3,(H,28,30). The first-order chi connectivity index (χ1) is 16.3. The van der Waals surface area contributed by atoms with Gasteiger partial charge in [0.15, 0.2) is 0 Å². The Morgan fingerprint density at radius 1 is 0.971 bits per heavy atom. The van der Waals surface area contributed by atoms with Crippen LogP contribution in [0, 0.1) is 13.8 Å². The molecule has 0 atom stereocenters. The lowest BCUT2D eigenvalue weighted by atomic mass is 10.0. The fourth-order valence-corrected chi connectivity index (χ4v) is 4.78. The quantitative estimate of drug-likeness (QED) is 0.403.